The number of aromatic nitrogens is 3. The lowest BCUT2D eigenvalue weighted by molar-refractivity contribution is -0.123. The Bertz CT molecular complexity index is 965. The van der Waals surface area contributed by atoms with Crippen LogP contribution < -0.4 is 16.0 Å². The van der Waals surface area contributed by atoms with Crippen molar-refractivity contribution >= 4 is 28.9 Å². The summed E-state index contributed by atoms with van der Waals surface area (Å²) in [5, 5.41) is 26.1. The zero-order valence-corrected chi connectivity index (χ0v) is 18.1. The van der Waals surface area contributed by atoms with E-state index >= 15 is 0 Å². The zero-order valence-electron chi connectivity index (χ0n) is 18.1. The van der Waals surface area contributed by atoms with Gasteiger partial charge in [-0.25, -0.2) is 15.0 Å². The smallest absolute Gasteiger partial charge is 0.272 e. The first kappa shape index (κ1) is 23.2. The predicted octanol–water partition coefficient (Wildman–Crippen LogP) is 0.281. The van der Waals surface area contributed by atoms with Crippen molar-refractivity contribution in [3.05, 3.63) is 42.2 Å². The van der Waals surface area contributed by atoms with Crippen LogP contribution in [0.5, 0.6) is 0 Å². The number of carbonyl (C=O) groups is 2. The fraction of sp³-hybridized carbons (Fsp3) is 0.429. The van der Waals surface area contributed by atoms with Crippen molar-refractivity contribution < 1.29 is 14.7 Å². The number of aliphatic hydroxyl groups is 1. The van der Waals surface area contributed by atoms with Crippen LogP contribution in [-0.4, -0.2) is 82.3 Å². The van der Waals surface area contributed by atoms with Crippen molar-refractivity contribution in [2.45, 2.75) is 24.8 Å². The highest BCUT2D eigenvalue weighted by Crippen LogP contribution is 2.39. The van der Waals surface area contributed by atoms with E-state index in [2.05, 4.69) is 30.9 Å². The van der Waals surface area contributed by atoms with Gasteiger partial charge < -0.3 is 26.0 Å². The molecule has 1 saturated carbocycles. The number of rotatable bonds is 11. The van der Waals surface area contributed by atoms with Crippen molar-refractivity contribution in [1.82, 2.24) is 30.5 Å². The van der Waals surface area contributed by atoms with Crippen LogP contribution in [-0.2, 0) is 4.79 Å². The molecule has 0 spiro atoms. The number of hydrogen-bond acceptors (Lipinski definition) is 9. The van der Waals surface area contributed by atoms with Crippen LogP contribution in [0.4, 0.5) is 11.4 Å². The Morgan fingerprint density at radius 1 is 1.28 bits per heavy atom. The second kappa shape index (κ2) is 10.7. The van der Waals surface area contributed by atoms with E-state index in [0.717, 1.165) is 18.5 Å². The molecule has 1 aliphatic rings. The third-order valence-electron chi connectivity index (χ3n) is 5.04. The molecule has 170 valence electrons. The predicted molar refractivity (Wildman–Crippen MR) is 119 cm³/mol. The highest BCUT2D eigenvalue weighted by atomic mass is 16.3. The van der Waals surface area contributed by atoms with Gasteiger partial charge in [-0.05, 0) is 32.0 Å². The van der Waals surface area contributed by atoms with Gasteiger partial charge in [0.15, 0.2) is 5.69 Å². The summed E-state index contributed by atoms with van der Waals surface area (Å²) in [7, 11) is 3.17. The van der Waals surface area contributed by atoms with Crippen LogP contribution in [0.3, 0.4) is 0 Å². The average molecular weight is 441 g/mol. The van der Waals surface area contributed by atoms with Gasteiger partial charge in [-0.2, -0.15) is 0 Å². The number of nitrogens with zero attached hydrogens (tertiary/aromatic N) is 4. The summed E-state index contributed by atoms with van der Waals surface area (Å²) in [4.78, 5) is 39.5. The van der Waals surface area contributed by atoms with Gasteiger partial charge in [-0.15, -0.1) is 0 Å². The molecule has 0 saturated heterocycles. The van der Waals surface area contributed by atoms with Gasteiger partial charge in [-0.3, -0.25) is 15.0 Å². The molecule has 1 unspecified atom stereocenters. The first-order valence-corrected chi connectivity index (χ1v) is 10.4. The number of pyridine rings is 1. The Morgan fingerprint density at radius 2 is 2.00 bits per heavy atom. The second-order valence-electron chi connectivity index (χ2n) is 7.61. The molecule has 2 heterocycles. The second-order valence-corrected chi connectivity index (χ2v) is 7.61. The molecule has 1 fully saturated rings. The molecular weight excluding hydrogens is 412 g/mol. The van der Waals surface area contributed by atoms with Gasteiger partial charge >= 0.3 is 0 Å². The van der Waals surface area contributed by atoms with Crippen LogP contribution in [0.25, 0.3) is 0 Å². The highest BCUT2D eigenvalue weighted by molar-refractivity contribution is 6.39. The molecule has 0 radical (unpaired) electrons. The molecule has 11 nitrogen and oxygen atoms in total. The van der Waals surface area contributed by atoms with Gasteiger partial charge in [-0.1, -0.05) is 0 Å². The van der Waals surface area contributed by atoms with Crippen molar-refractivity contribution in [1.29, 1.82) is 5.41 Å². The topological polar surface area (TPSA) is 156 Å². The number of carbonyl (C=O) groups excluding carboxylic acids is 2. The highest BCUT2D eigenvalue weighted by Gasteiger charge is 2.29. The SMILES string of the molecule is CNCC(NC(=O)c1nc(C2CC2)ccc1Nc1cncnc1)C(=N)C(=O)N(C)CCO. The number of aliphatic hydroxyl groups excluding tert-OH is 1. The van der Waals surface area contributed by atoms with Crippen molar-refractivity contribution in [2.75, 3.05) is 39.1 Å². The van der Waals surface area contributed by atoms with E-state index in [4.69, 9.17) is 10.5 Å². The third kappa shape index (κ3) is 5.83. The number of likely N-dealkylation sites (N-methyl/N-ethyl adjacent to an activating group) is 2. The number of amides is 2. The molecule has 1 aliphatic carbocycles. The standard InChI is InChI=1S/C21H28N8O3/c1-23-11-17(18(22)21(32)29(2)7-8-30)28-20(31)19-16(26-14-9-24-12-25-10-14)6-5-15(27-19)13-3-4-13/h5-6,9-10,12-13,17,22-23,26,30H,3-4,7-8,11H2,1-2H3,(H,28,31). The average Bonchev–Trinajstić information content (AvgIpc) is 3.64. The summed E-state index contributed by atoms with van der Waals surface area (Å²) in [6, 6.07) is 2.81. The van der Waals surface area contributed by atoms with Crippen LogP contribution in [0.1, 0.15) is 34.9 Å². The molecular formula is C21H28N8O3. The summed E-state index contributed by atoms with van der Waals surface area (Å²) in [6.45, 7) is 0.0647. The van der Waals surface area contributed by atoms with Crippen molar-refractivity contribution in [3.8, 4) is 0 Å². The van der Waals surface area contributed by atoms with Crippen LogP contribution in [0, 0.1) is 5.41 Å². The van der Waals surface area contributed by atoms with E-state index in [1.165, 1.54) is 18.3 Å². The lowest BCUT2D eigenvalue weighted by Crippen LogP contribution is -2.52. The van der Waals surface area contributed by atoms with Crippen molar-refractivity contribution in [2.24, 2.45) is 0 Å². The molecule has 2 aromatic heterocycles. The molecule has 3 rings (SSSR count). The zero-order chi connectivity index (χ0) is 23.1. The van der Waals surface area contributed by atoms with E-state index in [0.29, 0.717) is 17.3 Å². The summed E-state index contributed by atoms with van der Waals surface area (Å²) < 4.78 is 0. The van der Waals surface area contributed by atoms with Gasteiger partial charge in [0.1, 0.15) is 12.0 Å². The van der Waals surface area contributed by atoms with Crippen LogP contribution in [0.2, 0.25) is 0 Å². The van der Waals surface area contributed by atoms with Gasteiger partial charge in [0, 0.05) is 31.7 Å². The lowest BCUT2D eigenvalue weighted by atomic mass is 10.1. The number of hydrogen-bond donors (Lipinski definition) is 5. The van der Waals surface area contributed by atoms with Crippen LogP contribution in [0.15, 0.2) is 30.9 Å². The molecule has 1 atom stereocenters. The molecule has 2 amide bonds. The van der Waals surface area contributed by atoms with E-state index in [1.54, 1.807) is 25.5 Å². The normalized spacial score (nSPS) is 13.8. The molecule has 5 N–H and O–H groups in total. The fourth-order valence-electron chi connectivity index (χ4n) is 3.14. The monoisotopic (exact) mass is 440 g/mol. The minimum atomic E-state index is -0.875. The Hall–Kier alpha value is -3.44. The van der Waals surface area contributed by atoms with Crippen LogP contribution >= 0.6 is 0 Å². The first-order valence-electron chi connectivity index (χ1n) is 10.4. The maximum atomic E-state index is 13.2. The Balaban J connectivity index is 1.84. The molecule has 0 bridgehead atoms. The Kier molecular flexibility index (Phi) is 7.79. The molecule has 32 heavy (non-hydrogen) atoms. The van der Waals surface area contributed by atoms with E-state index < -0.39 is 17.9 Å². The summed E-state index contributed by atoms with van der Waals surface area (Å²) in [5.74, 6) is -0.732. The summed E-state index contributed by atoms with van der Waals surface area (Å²) >= 11 is 0. The molecule has 0 aromatic carbocycles. The largest absolute Gasteiger partial charge is 0.395 e. The number of nitrogens with one attached hydrogen (secondary N) is 4. The Morgan fingerprint density at radius 3 is 2.62 bits per heavy atom. The lowest BCUT2D eigenvalue weighted by Gasteiger charge is -2.23. The Labute approximate surface area is 186 Å². The third-order valence-corrected chi connectivity index (χ3v) is 5.04. The summed E-state index contributed by atoms with van der Waals surface area (Å²) in [5.41, 5.74) is 1.79. The van der Waals surface area contributed by atoms with E-state index in [9.17, 15) is 9.59 Å². The molecule has 0 aliphatic heterocycles. The molecule has 11 heteroatoms. The van der Waals surface area contributed by atoms with Gasteiger partial charge in [0.2, 0.25) is 0 Å². The summed E-state index contributed by atoms with van der Waals surface area (Å²) in [6.07, 6.45) is 6.64. The van der Waals surface area contributed by atoms with E-state index in [1.807, 2.05) is 6.07 Å². The first-order chi connectivity index (χ1) is 15.4. The van der Waals surface area contributed by atoms with Crippen molar-refractivity contribution in [3.63, 3.8) is 0 Å². The minimum Gasteiger partial charge on any atom is -0.395 e. The maximum absolute atomic E-state index is 13.2. The minimum absolute atomic E-state index is 0.0969. The van der Waals surface area contributed by atoms with Gasteiger partial charge in [0.05, 0.1) is 36.4 Å². The van der Waals surface area contributed by atoms with E-state index in [-0.39, 0.29) is 31.1 Å². The quantitative estimate of drug-likeness (QED) is 0.312. The fourth-order valence-corrected chi connectivity index (χ4v) is 3.14. The maximum Gasteiger partial charge on any atom is 0.272 e. The van der Waals surface area contributed by atoms with Gasteiger partial charge in [0.25, 0.3) is 11.8 Å². The molecule has 2 aromatic rings. The number of anilines is 2.